The molecule has 17 heavy (non-hydrogen) atoms. The summed E-state index contributed by atoms with van der Waals surface area (Å²) in [7, 11) is 0. The summed E-state index contributed by atoms with van der Waals surface area (Å²) in [4.78, 5) is 24.0. The molecular weight excluding hydrogens is 236 g/mol. The Bertz CT molecular complexity index is 427. The smallest absolute Gasteiger partial charge is 0.339 e. The molecule has 0 aliphatic carbocycles. The lowest BCUT2D eigenvalue weighted by atomic mass is 10.1. The molecule has 0 atom stereocenters. The molecule has 0 aromatic heterocycles. The number of Topliss-reactive ketones (excluding diaryl/α,β-unsaturated/α-hetero) is 1. The summed E-state index contributed by atoms with van der Waals surface area (Å²) in [6, 6.07) is 5.09. The first-order chi connectivity index (χ1) is 8.13. The number of carbonyl (C=O) groups is 2. The van der Waals surface area contributed by atoms with Crippen LogP contribution in [0.5, 0.6) is 0 Å². The maximum Gasteiger partial charge on any atom is 0.339 e. The van der Waals surface area contributed by atoms with Crippen molar-refractivity contribution in [2.45, 2.75) is 25.2 Å². The third kappa shape index (κ3) is 3.33. The van der Waals surface area contributed by atoms with E-state index < -0.39 is 0 Å². The van der Waals surface area contributed by atoms with E-state index in [-0.39, 0.29) is 11.8 Å². The van der Waals surface area contributed by atoms with Gasteiger partial charge >= 0.3 is 5.97 Å². The van der Waals surface area contributed by atoms with E-state index in [1.165, 1.54) is 11.8 Å². The highest BCUT2D eigenvalue weighted by atomic mass is 32.2. The van der Waals surface area contributed by atoms with Crippen LogP contribution in [-0.2, 0) is 4.74 Å². The number of thioether (sulfide) groups is 1. The van der Waals surface area contributed by atoms with Crippen molar-refractivity contribution in [2.75, 3.05) is 12.9 Å². The van der Waals surface area contributed by atoms with E-state index in [1.807, 2.05) is 13.2 Å². The highest BCUT2D eigenvalue weighted by Gasteiger charge is 2.14. The second kappa shape index (κ2) is 6.45. The maximum atomic E-state index is 11.7. The standard InChI is InChI=1S/C13H16O3S/c1-4-11(14)9-6-7-10(12(8-9)17-3)13(15)16-5-2/h6-8H,4-5H2,1-3H3. The van der Waals surface area contributed by atoms with E-state index in [9.17, 15) is 9.59 Å². The van der Waals surface area contributed by atoms with Gasteiger partial charge in [-0.25, -0.2) is 4.79 Å². The van der Waals surface area contributed by atoms with Crippen LogP contribution in [-0.4, -0.2) is 24.6 Å². The van der Waals surface area contributed by atoms with E-state index in [4.69, 9.17) is 4.74 Å². The molecule has 92 valence electrons. The molecule has 0 bridgehead atoms. The maximum absolute atomic E-state index is 11.7. The van der Waals surface area contributed by atoms with E-state index >= 15 is 0 Å². The fourth-order valence-electron chi connectivity index (χ4n) is 1.45. The van der Waals surface area contributed by atoms with Gasteiger partial charge in [0, 0.05) is 16.9 Å². The Balaban J connectivity index is 3.09. The quantitative estimate of drug-likeness (QED) is 0.458. The molecule has 0 saturated carbocycles. The van der Waals surface area contributed by atoms with Crippen LogP contribution in [0.2, 0.25) is 0 Å². The van der Waals surface area contributed by atoms with Crippen molar-refractivity contribution in [3.05, 3.63) is 29.3 Å². The van der Waals surface area contributed by atoms with Gasteiger partial charge in [-0.3, -0.25) is 4.79 Å². The summed E-state index contributed by atoms with van der Waals surface area (Å²) in [6.45, 7) is 3.94. The lowest BCUT2D eigenvalue weighted by Gasteiger charge is -2.08. The first kappa shape index (κ1) is 13.8. The second-order valence-electron chi connectivity index (χ2n) is 3.41. The number of hydrogen-bond acceptors (Lipinski definition) is 4. The number of ketones is 1. The summed E-state index contributed by atoms with van der Waals surface area (Å²) in [5.41, 5.74) is 1.16. The molecule has 0 fully saturated rings. The highest BCUT2D eigenvalue weighted by Crippen LogP contribution is 2.23. The first-order valence-electron chi connectivity index (χ1n) is 5.52. The molecule has 0 aliphatic rings. The highest BCUT2D eigenvalue weighted by molar-refractivity contribution is 7.98. The van der Waals surface area contributed by atoms with Crippen LogP contribution in [0.4, 0.5) is 0 Å². The van der Waals surface area contributed by atoms with Crippen LogP contribution in [0.1, 0.15) is 41.0 Å². The molecule has 0 spiro atoms. The van der Waals surface area contributed by atoms with Crippen molar-refractivity contribution in [1.82, 2.24) is 0 Å². The Hall–Kier alpha value is -1.29. The monoisotopic (exact) mass is 252 g/mol. The zero-order valence-electron chi connectivity index (χ0n) is 10.3. The van der Waals surface area contributed by atoms with Crippen LogP contribution in [0.3, 0.4) is 0 Å². The van der Waals surface area contributed by atoms with Crippen LogP contribution in [0.25, 0.3) is 0 Å². The van der Waals surface area contributed by atoms with E-state index in [0.29, 0.717) is 24.2 Å². The van der Waals surface area contributed by atoms with E-state index in [2.05, 4.69) is 0 Å². The van der Waals surface area contributed by atoms with Gasteiger partial charge in [-0.1, -0.05) is 13.0 Å². The van der Waals surface area contributed by atoms with Gasteiger partial charge in [0.1, 0.15) is 0 Å². The number of esters is 1. The lowest BCUT2D eigenvalue weighted by Crippen LogP contribution is -2.07. The lowest BCUT2D eigenvalue weighted by molar-refractivity contribution is 0.0522. The van der Waals surface area contributed by atoms with Gasteiger partial charge in [0.2, 0.25) is 0 Å². The summed E-state index contributed by atoms with van der Waals surface area (Å²) in [6.07, 6.45) is 2.34. The third-order valence-corrected chi connectivity index (χ3v) is 3.12. The first-order valence-corrected chi connectivity index (χ1v) is 6.74. The van der Waals surface area contributed by atoms with Crippen LogP contribution >= 0.6 is 11.8 Å². The van der Waals surface area contributed by atoms with Gasteiger partial charge < -0.3 is 4.74 Å². The molecule has 0 amide bonds. The van der Waals surface area contributed by atoms with Crippen molar-refractivity contribution in [3.63, 3.8) is 0 Å². The minimum absolute atomic E-state index is 0.0794. The fourth-order valence-corrected chi connectivity index (χ4v) is 2.06. The third-order valence-electron chi connectivity index (χ3n) is 2.34. The summed E-state index contributed by atoms with van der Waals surface area (Å²) >= 11 is 1.44. The zero-order chi connectivity index (χ0) is 12.8. The van der Waals surface area contributed by atoms with E-state index in [1.54, 1.807) is 25.1 Å². The number of hydrogen-bond donors (Lipinski definition) is 0. The molecule has 3 nitrogen and oxygen atoms in total. The normalized spacial score (nSPS) is 10.1. The van der Waals surface area contributed by atoms with Gasteiger partial charge in [0.15, 0.2) is 5.78 Å². The zero-order valence-corrected chi connectivity index (χ0v) is 11.1. The molecule has 1 aromatic carbocycles. The minimum Gasteiger partial charge on any atom is -0.462 e. The SMILES string of the molecule is CCOC(=O)c1ccc(C(=O)CC)cc1SC. The second-order valence-corrected chi connectivity index (χ2v) is 4.26. The number of rotatable bonds is 5. The molecule has 0 heterocycles. The van der Waals surface area contributed by atoms with Crippen molar-refractivity contribution in [1.29, 1.82) is 0 Å². The van der Waals surface area contributed by atoms with Crippen LogP contribution < -0.4 is 0 Å². The topological polar surface area (TPSA) is 43.4 Å². The van der Waals surface area contributed by atoms with Gasteiger partial charge in [-0.15, -0.1) is 11.8 Å². The van der Waals surface area contributed by atoms with Gasteiger partial charge in [0.25, 0.3) is 0 Å². The Morgan fingerprint density at radius 3 is 2.53 bits per heavy atom. The average molecular weight is 252 g/mol. The predicted octanol–water partition coefficient (Wildman–Crippen LogP) is 3.18. The Morgan fingerprint density at radius 2 is 2.00 bits per heavy atom. The molecule has 0 aliphatic heterocycles. The van der Waals surface area contributed by atoms with Gasteiger partial charge in [0.05, 0.1) is 12.2 Å². The molecule has 0 radical (unpaired) electrons. The molecule has 1 rings (SSSR count). The largest absolute Gasteiger partial charge is 0.462 e. The predicted molar refractivity (Wildman–Crippen MR) is 68.8 cm³/mol. The van der Waals surface area contributed by atoms with Crippen molar-refractivity contribution in [2.24, 2.45) is 0 Å². The number of carbonyl (C=O) groups excluding carboxylic acids is 2. The average Bonchev–Trinajstić information content (AvgIpc) is 2.37. The van der Waals surface area contributed by atoms with Crippen LogP contribution in [0.15, 0.2) is 23.1 Å². The number of benzene rings is 1. The van der Waals surface area contributed by atoms with Gasteiger partial charge in [-0.2, -0.15) is 0 Å². The van der Waals surface area contributed by atoms with E-state index in [0.717, 1.165) is 4.90 Å². The van der Waals surface area contributed by atoms with Gasteiger partial charge in [-0.05, 0) is 25.3 Å². The molecular formula is C13H16O3S. The Kier molecular flexibility index (Phi) is 5.22. The van der Waals surface area contributed by atoms with Crippen molar-refractivity contribution >= 4 is 23.5 Å². The Labute approximate surface area is 106 Å². The van der Waals surface area contributed by atoms with Crippen LogP contribution in [0, 0.1) is 0 Å². The fraction of sp³-hybridized carbons (Fsp3) is 0.385. The molecule has 4 heteroatoms. The summed E-state index contributed by atoms with van der Waals surface area (Å²) in [5.74, 6) is -0.261. The molecule has 0 saturated heterocycles. The molecule has 1 aromatic rings. The Morgan fingerprint density at radius 1 is 1.29 bits per heavy atom. The molecule has 0 unspecified atom stereocenters. The van der Waals surface area contributed by atoms with Crippen molar-refractivity contribution < 1.29 is 14.3 Å². The number of ether oxygens (including phenoxy) is 1. The van der Waals surface area contributed by atoms with Crippen molar-refractivity contribution in [3.8, 4) is 0 Å². The summed E-state index contributed by atoms with van der Waals surface area (Å²) < 4.78 is 4.96. The summed E-state index contributed by atoms with van der Waals surface area (Å²) in [5, 5.41) is 0. The minimum atomic E-state index is -0.340. The molecule has 0 N–H and O–H groups in total.